The lowest BCUT2D eigenvalue weighted by Crippen LogP contribution is -2.45. The number of aromatic nitrogens is 2. The average Bonchev–Trinajstić information content (AvgIpc) is 2.91. The Hall–Kier alpha value is -2.31. The molecule has 0 radical (unpaired) electrons. The van der Waals surface area contributed by atoms with E-state index in [1.165, 1.54) is 21.8 Å². The fourth-order valence-electron chi connectivity index (χ4n) is 3.13. The summed E-state index contributed by atoms with van der Waals surface area (Å²) in [4.78, 5) is 14.2. The molecule has 134 valence electrons. The summed E-state index contributed by atoms with van der Waals surface area (Å²) >= 11 is 0. The molecule has 1 aromatic heterocycles. The van der Waals surface area contributed by atoms with Gasteiger partial charge in [0.15, 0.2) is 0 Å². The van der Waals surface area contributed by atoms with Crippen molar-refractivity contribution in [1.82, 2.24) is 14.7 Å². The van der Waals surface area contributed by atoms with Crippen LogP contribution in [0.3, 0.4) is 0 Å². The number of alkyl halides is 2. The van der Waals surface area contributed by atoms with Crippen molar-refractivity contribution in [3.63, 3.8) is 0 Å². The van der Waals surface area contributed by atoms with Crippen molar-refractivity contribution < 1.29 is 18.0 Å². The summed E-state index contributed by atoms with van der Waals surface area (Å²) in [5.41, 5.74) is -0.0511. The molecular weight excluding hydrogens is 331 g/mol. The van der Waals surface area contributed by atoms with Gasteiger partial charge in [0.05, 0.1) is 17.8 Å². The van der Waals surface area contributed by atoms with E-state index in [0.29, 0.717) is 25.1 Å². The molecule has 0 bridgehead atoms. The molecule has 25 heavy (non-hydrogen) atoms. The van der Waals surface area contributed by atoms with Gasteiger partial charge in [0.25, 0.3) is 12.3 Å². The zero-order chi connectivity index (χ0) is 18.1. The van der Waals surface area contributed by atoms with Crippen molar-refractivity contribution in [3.05, 3.63) is 53.1 Å². The summed E-state index contributed by atoms with van der Waals surface area (Å²) in [6.07, 6.45) is -0.992. The second-order valence-corrected chi connectivity index (χ2v) is 6.64. The van der Waals surface area contributed by atoms with Crippen LogP contribution in [0.5, 0.6) is 0 Å². The number of rotatable bonds is 5. The van der Waals surface area contributed by atoms with E-state index in [1.54, 1.807) is 18.2 Å². The molecule has 1 aliphatic heterocycles. The lowest BCUT2D eigenvalue weighted by atomic mass is 9.93. The van der Waals surface area contributed by atoms with Crippen LogP contribution in [0, 0.1) is 11.7 Å². The number of nitrogens with zero attached hydrogens (tertiary/aromatic N) is 3. The Morgan fingerprint density at radius 1 is 1.32 bits per heavy atom. The number of likely N-dealkylation sites (tertiary alicyclic amines) is 1. The fourth-order valence-corrected chi connectivity index (χ4v) is 3.13. The topological polar surface area (TPSA) is 38.1 Å². The lowest BCUT2D eigenvalue weighted by molar-refractivity contribution is 0.0442. The molecule has 1 fully saturated rings. The Labute approximate surface area is 144 Å². The summed E-state index contributed by atoms with van der Waals surface area (Å²) in [6.45, 7) is 4.50. The number of halogens is 3. The largest absolute Gasteiger partial charge is 0.331 e. The van der Waals surface area contributed by atoms with E-state index in [9.17, 15) is 18.0 Å². The van der Waals surface area contributed by atoms with Crippen LogP contribution in [-0.4, -0.2) is 27.1 Å². The van der Waals surface area contributed by atoms with Crippen LogP contribution in [0.2, 0.25) is 0 Å². The second kappa shape index (κ2) is 6.90. The van der Waals surface area contributed by atoms with Gasteiger partial charge in [-0.25, -0.2) is 13.2 Å². The normalized spacial score (nSPS) is 17.2. The van der Waals surface area contributed by atoms with Gasteiger partial charge in [-0.15, -0.1) is 0 Å². The highest BCUT2D eigenvalue weighted by atomic mass is 19.3. The highest BCUT2D eigenvalue weighted by Gasteiger charge is 2.38. The van der Waals surface area contributed by atoms with E-state index in [0.717, 1.165) is 0 Å². The minimum absolute atomic E-state index is 0.100. The lowest BCUT2D eigenvalue weighted by Gasteiger charge is -2.41. The number of benzene rings is 1. The molecule has 1 aromatic carbocycles. The monoisotopic (exact) mass is 351 g/mol. The van der Waals surface area contributed by atoms with Gasteiger partial charge in [-0.05, 0) is 18.4 Å². The van der Waals surface area contributed by atoms with E-state index < -0.39 is 24.2 Å². The fraction of sp³-hybridized carbons (Fsp3) is 0.444. The van der Waals surface area contributed by atoms with Crippen LogP contribution >= 0.6 is 0 Å². The number of amides is 1. The van der Waals surface area contributed by atoms with Gasteiger partial charge in [0.1, 0.15) is 11.5 Å². The maximum absolute atomic E-state index is 14.0. The van der Waals surface area contributed by atoms with Gasteiger partial charge in [-0.1, -0.05) is 32.0 Å². The maximum atomic E-state index is 14.0. The zero-order valence-corrected chi connectivity index (χ0v) is 14.1. The van der Waals surface area contributed by atoms with Crippen molar-refractivity contribution in [2.75, 3.05) is 6.54 Å². The van der Waals surface area contributed by atoms with Gasteiger partial charge >= 0.3 is 0 Å². The molecule has 4 nitrogen and oxygen atoms in total. The van der Waals surface area contributed by atoms with Gasteiger partial charge in [0, 0.05) is 18.7 Å². The summed E-state index contributed by atoms with van der Waals surface area (Å²) in [5.74, 6) is -0.796. The van der Waals surface area contributed by atoms with E-state index in [4.69, 9.17) is 0 Å². The Morgan fingerprint density at radius 2 is 2.04 bits per heavy atom. The van der Waals surface area contributed by atoms with Gasteiger partial charge in [-0.3, -0.25) is 9.48 Å². The first kappa shape index (κ1) is 17.5. The average molecular weight is 351 g/mol. The molecule has 0 N–H and O–H groups in total. The summed E-state index contributed by atoms with van der Waals surface area (Å²) in [7, 11) is 0. The van der Waals surface area contributed by atoms with Crippen LogP contribution in [0.1, 0.15) is 54.4 Å². The first-order valence-electron chi connectivity index (χ1n) is 8.29. The third-order valence-corrected chi connectivity index (χ3v) is 4.40. The SMILES string of the molecule is CC(C)Cn1ncc(C(=O)N2CC[C@@H]2c2ccccc2F)c1C(F)F. The number of carbonyl (C=O) groups is 1. The number of carbonyl (C=O) groups excluding carboxylic acids is 1. The summed E-state index contributed by atoms with van der Waals surface area (Å²) in [5, 5.41) is 3.97. The molecule has 1 atom stereocenters. The van der Waals surface area contributed by atoms with Crippen LogP contribution in [0.25, 0.3) is 0 Å². The Balaban J connectivity index is 1.89. The third kappa shape index (κ3) is 3.27. The van der Waals surface area contributed by atoms with Crippen molar-refractivity contribution in [1.29, 1.82) is 0 Å². The maximum Gasteiger partial charge on any atom is 0.280 e. The molecule has 0 spiro atoms. The molecular formula is C18H20F3N3O. The minimum atomic E-state index is -2.80. The van der Waals surface area contributed by atoms with Gasteiger partial charge in [-0.2, -0.15) is 5.10 Å². The number of hydrogen-bond donors (Lipinski definition) is 0. The van der Waals surface area contributed by atoms with E-state index >= 15 is 0 Å². The quantitative estimate of drug-likeness (QED) is 0.810. The van der Waals surface area contributed by atoms with Crippen LogP contribution in [-0.2, 0) is 6.54 Å². The molecule has 3 rings (SSSR count). The zero-order valence-electron chi connectivity index (χ0n) is 14.1. The van der Waals surface area contributed by atoms with Crippen molar-refractivity contribution in [2.24, 2.45) is 5.92 Å². The minimum Gasteiger partial charge on any atom is -0.331 e. The van der Waals surface area contributed by atoms with E-state index in [-0.39, 0.29) is 17.2 Å². The Bertz CT molecular complexity index is 773. The molecule has 2 aromatic rings. The summed E-state index contributed by atoms with van der Waals surface area (Å²) in [6, 6.07) is 5.81. The first-order valence-corrected chi connectivity index (χ1v) is 8.29. The van der Waals surface area contributed by atoms with Crippen LogP contribution < -0.4 is 0 Å². The van der Waals surface area contributed by atoms with Crippen LogP contribution in [0.4, 0.5) is 13.2 Å². The van der Waals surface area contributed by atoms with Crippen molar-refractivity contribution >= 4 is 5.91 Å². The highest BCUT2D eigenvalue weighted by Crippen LogP contribution is 2.37. The van der Waals surface area contributed by atoms with E-state index in [1.807, 2.05) is 13.8 Å². The Kier molecular flexibility index (Phi) is 4.83. The van der Waals surface area contributed by atoms with E-state index in [2.05, 4.69) is 5.10 Å². The first-order chi connectivity index (χ1) is 11.9. The molecule has 0 unspecified atom stereocenters. The standard InChI is InChI=1S/C18H20F3N3O/c1-11(2)10-24-16(17(20)21)13(9-22-24)18(25)23-8-7-15(23)12-5-3-4-6-14(12)19/h3-6,9,11,15,17H,7-8,10H2,1-2H3/t15-/m1/s1. The molecule has 7 heteroatoms. The Morgan fingerprint density at radius 3 is 2.60 bits per heavy atom. The van der Waals surface area contributed by atoms with Gasteiger partial charge in [0.2, 0.25) is 0 Å². The molecule has 2 heterocycles. The van der Waals surface area contributed by atoms with Crippen molar-refractivity contribution in [3.8, 4) is 0 Å². The second-order valence-electron chi connectivity index (χ2n) is 6.64. The van der Waals surface area contributed by atoms with Crippen molar-refractivity contribution in [2.45, 2.75) is 39.3 Å². The molecule has 0 aliphatic carbocycles. The van der Waals surface area contributed by atoms with Gasteiger partial charge < -0.3 is 4.90 Å². The smallest absolute Gasteiger partial charge is 0.280 e. The van der Waals surface area contributed by atoms with Crippen LogP contribution in [0.15, 0.2) is 30.5 Å². The highest BCUT2D eigenvalue weighted by molar-refractivity contribution is 5.96. The predicted molar refractivity (Wildman–Crippen MR) is 86.8 cm³/mol. The summed E-state index contributed by atoms with van der Waals surface area (Å²) < 4.78 is 42.2. The third-order valence-electron chi connectivity index (χ3n) is 4.40. The number of hydrogen-bond acceptors (Lipinski definition) is 2. The molecule has 1 amide bonds. The molecule has 0 saturated carbocycles. The molecule has 1 saturated heterocycles. The molecule has 1 aliphatic rings. The predicted octanol–water partition coefficient (Wildman–Crippen LogP) is 4.20.